The average Bonchev–Trinajstić information content (AvgIpc) is 2.72. The maximum absolute atomic E-state index is 11.3. The molecule has 0 aromatic heterocycles. The molecule has 88 valence electrons. The molecule has 0 radical (unpaired) electrons. The van der Waals surface area contributed by atoms with Crippen LogP contribution in [0.25, 0.3) is 0 Å². The van der Waals surface area contributed by atoms with E-state index < -0.39 is 11.5 Å². The van der Waals surface area contributed by atoms with Crippen molar-refractivity contribution in [3.63, 3.8) is 0 Å². The summed E-state index contributed by atoms with van der Waals surface area (Å²) in [6, 6.07) is 10.00. The van der Waals surface area contributed by atoms with Gasteiger partial charge in [-0.2, -0.15) is 5.11 Å². The zero-order chi connectivity index (χ0) is 12.3. The van der Waals surface area contributed by atoms with Crippen LogP contribution in [0.2, 0.25) is 0 Å². The van der Waals surface area contributed by atoms with E-state index in [1.54, 1.807) is 6.08 Å². The highest BCUT2D eigenvalue weighted by atomic mass is 16.5. The van der Waals surface area contributed by atoms with Crippen molar-refractivity contribution >= 4 is 5.97 Å². The Morgan fingerprint density at radius 3 is 2.71 bits per heavy atom. The van der Waals surface area contributed by atoms with Crippen LogP contribution in [-0.2, 0) is 16.0 Å². The van der Waals surface area contributed by atoms with E-state index in [-0.39, 0.29) is 5.70 Å². The minimum absolute atomic E-state index is 0.283. The number of hydrogen-bond donors (Lipinski definition) is 0. The molecule has 0 N–H and O–H groups in total. The van der Waals surface area contributed by atoms with Gasteiger partial charge in [0.2, 0.25) is 0 Å². The molecule has 1 aliphatic heterocycles. The molecule has 1 aromatic rings. The van der Waals surface area contributed by atoms with Crippen molar-refractivity contribution in [2.75, 3.05) is 7.11 Å². The van der Waals surface area contributed by atoms with Gasteiger partial charge in [-0.25, -0.2) is 4.79 Å². The van der Waals surface area contributed by atoms with Gasteiger partial charge in [0.15, 0.2) is 5.70 Å². The molecule has 0 saturated carbocycles. The summed E-state index contributed by atoms with van der Waals surface area (Å²) in [5.41, 5.74) is 0.993. The average molecular weight is 230 g/mol. The number of benzene rings is 1. The molecule has 0 saturated heterocycles. The molecule has 4 nitrogen and oxygen atoms in total. The van der Waals surface area contributed by atoms with E-state index in [9.17, 15) is 4.79 Å². The van der Waals surface area contributed by atoms with Crippen molar-refractivity contribution in [1.29, 1.82) is 0 Å². The van der Waals surface area contributed by atoms with E-state index in [4.69, 9.17) is 0 Å². The number of carbonyl (C=O) groups excluding carboxylic acids is 1. The Morgan fingerprint density at radius 1 is 1.35 bits per heavy atom. The second-order valence-corrected chi connectivity index (χ2v) is 4.24. The van der Waals surface area contributed by atoms with E-state index >= 15 is 0 Å². The number of rotatable bonds is 3. The second-order valence-electron chi connectivity index (χ2n) is 4.24. The minimum atomic E-state index is -0.453. The van der Waals surface area contributed by atoms with Crippen LogP contribution in [0.1, 0.15) is 12.5 Å². The Kier molecular flexibility index (Phi) is 3.04. The largest absolute Gasteiger partial charge is 0.464 e. The molecule has 17 heavy (non-hydrogen) atoms. The standard InChI is InChI=1S/C13H14N2O2/c1-13(8-10-6-4-3-5-7-10)9-11(14-15-13)12(16)17-2/h3-7,9H,8H2,1-2H3. The quantitative estimate of drug-likeness (QED) is 0.749. The Balaban J connectivity index is 2.15. The lowest BCUT2D eigenvalue weighted by Crippen LogP contribution is -2.20. The lowest BCUT2D eigenvalue weighted by Gasteiger charge is -2.15. The Hall–Kier alpha value is -1.97. The van der Waals surface area contributed by atoms with Gasteiger partial charge in [0, 0.05) is 6.42 Å². The molecule has 2 rings (SSSR count). The van der Waals surface area contributed by atoms with Crippen LogP contribution >= 0.6 is 0 Å². The van der Waals surface area contributed by atoms with E-state index in [1.807, 2.05) is 37.3 Å². The van der Waals surface area contributed by atoms with Crippen molar-refractivity contribution < 1.29 is 9.53 Å². The van der Waals surface area contributed by atoms with Crippen LogP contribution in [0.4, 0.5) is 0 Å². The first-order valence-corrected chi connectivity index (χ1v) is 5.41. The van der Waals surface area contributed by atoms with E-state index in [0.717, 1.165) is 12.0 Å². The second kappa shape index (κ2) is 4.49. The van der Waals surface area contributed by atoms with Gasteiger partial charge < -0.3 is 4.74 Å². The van der Waals surface area contributed by atoms with E-state index in [1.165, 1.54) is 7.11 Å². The van der Waals surface area contributed by atoms with Crippen molar-refractivity contribution in [1.82, 2.24) is 0 Å². The zero-order valence-corrected chi connectivity index (χ0v) is 9.88. The number of nitrogens with zero attached hydrogens (tertiary/aromatic N) is 2. The summed E-state index contributed by atoms with van der Waals surface area (Å²) in [5, 5.41) is 8.01. The lowest BCUT2D eigenvalue weighted by molar-refractivity contribution is -0.136. The molecule has 0 bridgehead atoms. The molecule has 1 aliphatic rings. The van der Waals surface area contributed by atoms with Crippen molar-refractivity contribution in [3.8, 4) is 0 Å². The summed E-state index contributed by atoms with van der Waals surface area (Å²) in [6.45, 7) is 1.94. The minimum Gasteiger partial charge on any atom is -0.464 e. The number of ether oxygens (including phenoxy) is 1. The molecule has 1 unspecified atom stereocenters. The van der Waals surface area contributed by atoms with Crippen LogP contribution in [0, 0.1) is 0 Å². The Morgan fingerprint density at radius 2 is 2.06 bits per heavy atom. The van der Waals surface area contributed by atoms with Crippen LogP contribution in [0.5, 0.6) is 0 Å². The Labute approximate surface area is 100 Å². The summed E-state index contributed by atoms with van der Waals surface area (Å²) in [6.07, 6.45) is 2.48. The number of methoxy groups -OCH3 is 1. The molecule has 0 amide bonds. The number of azo groups is 1. The third-order valence-electron chi connectivity index (χ3n) is 2.63. The summed E-state index contributed by atoms with van der Waals surface area (Å²) < 4.78 is 4.62. The third kappa shape index (κ3) is 2.58. The molecule has 0 aliphatic carbocycles. The summed E-state index contributed by atoms with van der Waals surface area (Å²) in [4.78, 5) is 11.3. The van der Waals surface area contributed by atoms with Crippen molar-refractivity contribution in [2.24, 2.45) is 10.2 Å². The van der Waals surface area contributed by atoms with Crippen LogP contribution < -0.4 is 0 Å². The number of hydrogen-bond acceptors (Lipinski definition) is 4. The van der Waals surface area contributed by atoms with Crippen LogP contribution in [-0.4, -0.2) is 18.6 Å². The smallest absolute Gasteiger partial charge is 0.358 e. The topological polar surface area (TPSA) is 51.0 Å². The van der Waals surface area contributed by atoms with Gasteiger partial charge in [-0.1, -0.05) is 30.3 Å². The highest BCUT2D eigenvalue weighted by molar-refractivity contribution is 5.88. The summed E-state index contributed by atoms with van der Waals surface area (Å²) in [7, 11) is 1.34. The molecular formula is C13H14N2O2. The number of esters is 1. The first-order valence-electron chi connectivity index (χ1n) is 5.41. The fourth-order valence-electron chi connectivity index (χ4n) is 1.82. The van der Waals surface area contributed by atoms with Gasteiger partial charge >= 0.3 is 5.97 Å². The highest BCUT2D eigenvalue weighted by Crippen LogP contribution is 2.27. The van der Waals surface area contributed by atoms with Crippen LogP contribution in [0.15, 0.2) is 52.3 Å². The van der Waals surface area contributed by atoms with Crippen LogP contribution in [0.3, 0.4) is 0 Å². The van der Waals surface area contributed by atoms with E-state index in [2.05, 4.69) is 15.0 Å². The molecule has 0 fully saturated rings. The first kappa shape index (κ1) is 11.5. The highest BCUT2D eigenvalue weighted by Gasteiger charge is 2.29. The number of carbonyl (C=O) groups is 1. The predicted molar refractivity (Wildman–Crippen MR) is 63.5 cm³/mol. The van der Waals surface area contributed by atoms with Gasteiger partial charge in [-0.3, -0.25) is 0 Å². The molecule has 1 heterocycles. The first-order chi connectivity index (χ1) is 8.13. The molecule has 0 spiro atoms. The Bertz CT molecular complexity index is 479. The molecule has 4 heteroatoms. The SMILES string of the molecule is COC(=O)C1=CC(C)(Cc2ccccc2)N=N1. The van der Waals surface area contributed by atoms with Gasteiger partial charge in [-0.15, -0.1) is 5.11 Å². The summed E-state index contributed by atoms with van der Waals surface area (Å²) in [5.74, 6) is -0.439. The fourth-order valence-corrected chi connectivity index (χ4v) is 1.82. The summed E-state index contributed by atoms with van der Waals surface area (Å²) >= 11 is 0. The van der Waals surface area contributed by atoms with Gasteiger partial charge in [-0.05, 0) is 18.6 Å². The monoisotopic (exact) mass is 230 g/mol. The van der Waals surface area contributed by atoms with Gasteiger partial charge in [0.25, 0.3) is 0 Å². The normalized spacial score (nSPS) is 22.4. The van der Waals surface area contributed by atoms with Crippen molar-refractivity contribution in [3.05, 3.63) is 47.7 Å². The molecule has 1 atom stereocenters. The predicted octanol–water partition coefficient (Wildman–Crippen LogP) is 2.51. The fraction of sp³-hybridized carbons (Fsp3) is 0.308. The molecular weight excluding hydrogens is 216 g/mol. The van der Waals surface area contributed by atoms with Gasteiger partial charge in [0.1, 0.15) is 5.54 Å². The maximum Gasteiger partial charge on any atom is 0.358 e. The van der Waals surface area contributed by atoms with Gasteiger partial charge in [0.05, 0.1) is 7.11 Å². The van der Waals surface area contributed by atoms with Crippen molar-refractivity contribution in [2.45, 2.75) is 18.9 Å². The maximum atomic E-state index is 11.3. The van der Waals surface area contributed by atoms with E-state index in [0.29, 0.717) is 0 Å². The lowest BCUT2D eigenvalue weighted by atomic mass is 9.93. The zero-order valence-electron chi connectivity index (χ0n) is 9.88. The molecule has 1 aromatic carbocycles. The third-order valence-corrected chi connectivity index (χ3v) is 2.63.